The number of unbranched alkanes of at least 4 members (excludes halogenated alkanes) is 57. The minimum atomic E-state index is -1.99. The number of allylic oxidation sites excluding steroid dienone is 9. The second-order valence-electron chi connectivity index (χ2n) is 34.9. The van der Waals surface area contributed by atoms with E-state index in [2.05, 4.69) is 67.8 Å². The minimum Gasteiger partial charge on any atom is -0.394 e. The fraction of sp³-hybridized carbons (Fsp3) is 0.888. The molecule has 117 heavy (non-hydrogen) atoms. The van der Waals surface area contributed by atoms with Gasteiger partial charge in [-0.2, -0.15) is 0 Å². The monoisotopic (exact) mass is 1660 g/mol. The summed E-state index contributed by atoms with van der Waals surface area (Å²) in [7, 11) is 0. The summed E-state index contributed by atoms with van der Waals surface area (Å²) in [4.78, 5) is 13.5. The first-order valence-electron chi connectivity index (χ1n) is 49.0. The third-order valence-corrected chi connectivity index (χ3v) is 24.3. The number of amides is 1. The fourth-order valence-electron chi connectivity index (χ4n) is 16.5. The molecule has 1 amide bonds. The van der Waals surface area contributed by atoms with E-state index in [4.69, 9.17) is 28.4 Å². The molecule has 0 radical (unpaired) electrons. The number of carbonyl (C=O) groups is 1. The maximum absolute atomic E-state index is 13.5. The SMILES string of the molecule is CCCCCCC/C=C\C/C=C\CCCCCCCCCCCCCCCCCCCCCCCCCCCCCC(=O)NC(COC1OC(CO)C(OC2OC(CO)C(OC3OC(CO)C(O)C(O)C3O)C(O)C2O)C(O)C1O)C(O)/C=C/CC/C=C/CC/C=C/CCCCCCCCCCCCCCCCCCCCCCCCC. The van der Waals surface area contributed by atoms with Gasteiger partial charge in [0.25, 0.3) is 0 Å². The van der Waals surface area contributed by atoms with Crippen LogP contribution in [0.15, 0.2) is 60.8 Å². The Morgan fingerprint density at radius 3 is 0.906 bits per heavy atom. The third kappa shape index (κ3) is 54.8. The molecule has 3 aliphatic heterocycles. The van der Waals surface area contributed by atoms with Crippen LogP contribution in [-0.4, -0.2) is 193 Å². The van der Waals surface area contributed by atoms with E-state index in [1.54, 1.807) is 6.08 Å². The van der Waals surface area contributed by atoms with E-state index < -0.39 is 124 Å². The summed E-state index contributed by atoms with van der Waals surface area (Å²) in [6, 6.07) is -0.999. The number of aliphatic hydroxyl groups excluding tert-OH is 11. The number of rotatable bonds is 81. The average Bonchev–Trinajstić information content (AvgIpc) is 0.777. The van der Waals surface area contributed by atoms with Gasteiger partial charge in [0.15, 0.2) is 18.9 Å². The van der Waals surface area contributed by atoms with Gasteiger partial charge in [-0.3, -0.25) is 4.79 Å². The van der Waals surface area contributed by atoms with Gasteiger partial charge in [0.2, 0.25) is 5.91 Å². The van der Waals surface area contributed by atoms with Gasteiger partial charge < -0.3 is 89.9 Å². The Balaban J connectivity index is 1.30. The van der Waals surface area contributed by atoms with Crippen LogP contribution >= 0.6 is 0 Å². The van der Waals surface area contributed by atoms with Crippen LogP contribution in [0.25, 0.3) is 0 Å². The molecule has 17 unspecified atom stereocenters. The molecule has 0 aromatic heterocycles. The van der Waals surface area contributed by atoms with Crippen LogP contribution in [0, 0.1) is 0 Å². The fourth-order valence-corrected chi connectivity index (χ4v) is 16.5. The van der Waals surface area contributed by atoms with Crippen molar-refractivity contribution in [3.8, 4) is 0 Å². The zero-order valence-electron chi connectivity index (χ0n) is 74.4. The van der Waals surface area contributed by atoms with Gasteiger partial charge in [0, 0.05) is 6.42 Å². The number of aliphatic hydroxyl groups is 11. The highest BCUT2D eigenvalue weighted by Crippen LogP contribution is 2.34. The molecule has 0 aliphatic carbocycles. The number of nitrogens with one attached hydrogen (secondary N) is 1. The van der Waals surface area contributed by atoms with E-state index in [-0.39, 0.29) is 18.9 Å². The van der Waals surface area contributed by atoms with E-state index in [1.807, 2.05) is 6.08 Å². The lowest BCUT2D eigenvalue weighted by atomic mass is 9.96. The van der Waals surface area contributed by atoms with Gasteiger partial charge in [-0.25, -0.2) is 0 Å². The van der Waals surface area contributed by atoms with E-state index >= 15 is 0 Å². The predicted molar refractivity (Wildman–Crippen MR) is 475 cm³/mol. The number of hydrogen-bond acceptors (Lipinski definition) is 18. The Bertz CT molecular complexity index is 2340. The standard InChI is InChI=1S/C98H181NO18/c1-3-5-7-9-11-13-15-17-19-21-23-25-27-29-31-33-35-37-38-39-40-41-42-44-46-48-50-52-54-56-58-60-62-64-66-68-70-72-74-76-86(104)99-81(82(103)75-73-71-69-67-65-63-61-59-57-55-53-51-49-47-45-43-36-34-32-30-28-26-24-22-20-18-16-14-12-10-8-6-4-2)80-112-96-92(110)89(107)94(84(78-101)114-96)117-98-93(111)90(108)95(85(79-102)115-98)116-97-91(109)88(106)87(105)83(77-100)113-97/h15,17,21,23,57,59,65,67,73,75,81-85,87-98,100-103,105-111H,3-14,16,18-20,22,24-56,58,60-64,66,68-72,74,76-80H2,1-2H3,(H,99,104)/b17-15-,23-21-,59-57+,67-65+,75-73+. The van der Waals surface area contributed by atoms with Gasteiger partial charge in [0.1, 0.15) is 73.2 Å². The van der Waals surface area contributed by atoms with E-state index in [1.165, 1.54) is 340 Å². The van der Waals surface area contributed by atoms with Crippen LogP contribution in [0.3, 0.4) is 0 Å². The van der Waals surface area contributed by atoms with Crippen LogP contribution in [0.1, 0.15) is 425 Å². The van der Waals surface area contributed by atoms with Crippen molar-refractivity contribution in [2.75, 3.05) is 26.4 Å². The summed E-state index contributed by atoms with van der Waals surface area (Å²) >= 11 is 0. The van der Waals surface area contributed by atoms with Crippen LogP contribution in [0.2, 0.25) is 0 Å². The number of ether oxygens (including phenoxy) is 6. The number of carbonyl (C=O) groups excluding carboxylic acids is 1. The van der Waals surface area contributed by atoms with Crippen molar-refractivity contribution < 1.29 is 89.4 Å². The van der Waals surface area contributed by atoms with Crippen molar-refractivity contribution in [2.24, 2.45) is 0 Å². The van der Waals surface area contributed by atoms with E-state index in [9.17, 15) is 61.0 Å². The Hall–Kier alpha value is -2.51. The molecule has 19 heteroatoms. The summed E-state index contributed by atoms with van der Waals surface area (Å²) in [5.41, 5.74) is 0. The van der Waals surface area contributed by atoms with Gasteiger partial charge in [0.05, 0.1) is 38.6 Å². The van der Waals surface area contributed by atoms with Crippen LogP contribution in [-0.2, 0) is 33.2 Å². The summed E-state index contributed by atoms with van der Waals surface area (Å²) in [6.07, 6.45) is 77.0. The van der Waals surface area contributed by atoms with E-state index in [0.29, 0.717) is 12.8 Å². The zero-order chi connectivity index (χ0) is 84.5. The largest absolute Gasteiger partial charge is 0.394 e. The second-order valence-corrected chi connectivity index (χ2v) is 34.9. The normalized spacial score (nSPS) is 24.6. The minimum absolute atomic E-state index is 0.235. The Labute approximate surface area is 713 Å². The van der Waals surface area contributed by atoms with Crippen LogP contribution in [0.5, 0.6) is 0 Å². The highest BCUT2D eigenvalue weighted by atomic mass is 16.8. The van der Waals surface area contributed by atoms with Gasteiger partial charge in [-0.15, -0.1) is 0 Å². The van der Waals surface area contributed by atoms with Crippen molar-refractivity contribution in [2.45, 2.75) is 529 Å². The smallest absolute Gasteiger partial charge is 0.220 e. The third-order valence-electron chi connectivity index (χ3n) is 24.3. The predicted octanol–water partition coefficient (Wildman–Crippen LogP) is 20.1. The number of hydrogen-bond donors (Lipinski definition) is 12. The van der Waals surface area contributed by atoms with Crippen molar-refractivity contribution in [1.29, 1.82) is 0 Å². The Kier molecular flexibility index (Phi) is 71.6. The van der Waals surface area contributed by atoms with Crippen LogP contribution in [0.4, 0.5) is 0 Å². The van der Waals surface area contributed by atoms with Gasteiger partial charge >= 0.3 is 0 Å². The van der Waals surface area contributed by atoms with Crippen molar-refractivity contribution in [3.63, 3.8) is 0 Å². The zero-order valence-corrected chi connectivity index (χ0v) is 74.4. The van der Waals surface area contributed by atoms with Crippen LogP contribution < -0.4 is 5.32 Å². The molecule has 3 fully saturated rings. The molecule has 686 valence electrons. The van der Waals surface area contributed by atoms with E-state index in [0.717, 1.165) is 51.4 Å². The summed E-state index contributed by atoms with van der Waals surface area (Å²) < 4.78 is 34.5. The summed E-state index contributed by atoms with van der Waals surface area (Å²) in [5.74, 6) is -0.282. The molecule has 0 aromatic carbocycles. The highest BCUT2D eigenvalue weighted by molar-refractivity contribution is 5.76. The molecule has 3 heterocycles. The van der Waals surface area contributed by atoms with Gasteiger partial charge in [-0.1, -0.05) is 402 Å². The molecule has 0 bridgehead atoms. The Morgan fingerprint density at radius 2 is 0.573 bits per heavy atom. The van der Waals surface area contributed by atoms with Crippen molar-refractivity contribution in [1.82, 2.24) is 5.32 Å². The maximum atomic E-state index is 13.5. The first-order valence-corrected chi connectivity index (χ1v) is 49.0. The van der Waals surface area contributed by atoms with Gasteiger partial charge in [-0.05, 0) is 77.0 Å². The second kappa shape index (κ2) is 77.1. The first kappa shape index (κ1) is 109. The first-order chi connectivity index (χ1) is 57.3. The molecular formula is C98H181NO18. The summed E-state index contributed by atoms with van der Waals surface area (Å²) in [5, 5.41) is 121. The summed E-state index contributed by atoms with van der Waals surface area (Å²) in [6.45, 7) is 1.77. The Morgan fingerprint density at radius 1 is 0.308 bits per heavy atom. The molecular weight excluding hydrogens is 1480 g/mol. The molecule has 0 spiro atoms. The molecule has 3 rings (SSSR count). The molecule has 3 saturated heterocycles. The maximum Gasteiger partial charge on any atom is 0.220 e. The molecule has 19 nitrogen and oxygen atoms in total. The highest BCUT2D eigenvalue weighted by Gasteiger charge is 2.54. The molecule has 17 atom stereocenters. The van der Waals surface area contributed by atoms with Crippen molar-refractivity contribution >= 4 is 5.91 Å². The molecule has 0 saturated carbocycles. The topological polar surface area (TPSA) is 307 Å². The quantitative estimate of drug-likeness (QED) is 0.0199. The molecule has 3 aliphatic rings. The molecule has 12 N–H and O–H groups in total. The lowest BCUT2D eigenvalue weighted by Gasteiger charge is -2.48. The van der Waals surface area contributed by atoms with Crippen molar-refractivity contribution in [3.05, 3.63) is 60.8 Å². The lowest BCUT2D eigenvalue weighted by molar-refractivity contribution is -0.379. The average molecular weight is 1660 g/mol. The molecule has 0 aromatic rings. The lowest BCUT2D eigenvalue weighted by Crippen LogP contribution is -2.66.